The van der Waals surface area contributed by atoms with Crippen LogP contribution in [0.2, 0.25) is 0 Å². The van der Waals surface area contributed by atoms with Crippen LogP contribution in [0.4, 0.5) is 0 Å². The summed E-state index contributed by atoms with van der Waals surface area (Å²) in [6.45, 7) is 9.05. The Morgan fingerprint density at radius 1 is 1.31 bits per heavy atom. The quantitative estimate of drug-likeness (QED) is 0.720. The van der Waals surface area contributed by atoms with E-state index in [2.05, 4.69) is 27.7 Å². The molecule has 0 aromatic carbocycles. The zero-order valence-corrected chi connectivity index (χ0v) is 10.1. The molecule has 3 heteroatoms. The van der Waals surface area contributed by atoms with E-state index >= 15 is 0 Å². The second kappa shape index (κ2) is 6.55. The van der Waals surface area contributed by atoms with Gasteiger partial charge >= 0.3 is 0 Å². The first-order chi connectivity index (χ1) is 6.04. The molecule has 0 rings (SSSR count). The van der Waals surface area contributed by atoms with Gasteiger partial charge in [-0.15, -0.1) is 0 Å². The van der Waals surface area contributed by atoms with Gasteiger partial charge in [-0.25, -0.2) is 0 Å². The summed E-state index contributed by atoms with van der Waals surface area (Å²) in [6, 6.07) is 0. The van der Waals surface area contributed by atoms with Gasteiger partial charge in [0.05, 0.1) is 0 Å². The van der Waals surface area contributed by atoms with Gasteiger partial charge in [0.1, 0.15) is 0 Å². The van der Waals surface area contributed by atoms with E-state index in [0.717, 1.165) is 12.8 Å². The molecule has 0 aliphatic heterocycles. The highest BCUT2D eigenvalue weighted by Gasteiger charge is 2.21. The van der Waals surface area contributed by atoms with Gasteiger partial charge in [-0.2, -0.15) is 0 Å². The Morgan fingerprint density at radius 3 is 2.15 bits per heavy atom. The Morgan fingerprint density at radius 2 is 1.85 bits per heavy atom. The zero-order chi connectivity index (χ0) is 10.4. The molecule has 13 heavy (non-hydrogen) atoms. The number of hydrogen-bond donors (Lipinski definition) is 1. The predicted molar refractivity (Wildman–Crippen MR) is 60.2 cm³/mol. The molecule has 0 fully saturated rings. The minimum atomic E-state index is -0.713. The summed E-state index contributed by atoms with van der Waals surface area (Å²) in [4.78, 5) is 0. The molecule has 0 aliphatic rings. The molecule has 3 unspecified atom stereocenters. The Hall–Kier alpha value is 0.110. The maximum Gasteiger partial charge on any atom is 0.0360 e. The first kappa shape index (κ1) is 13.1. The summed E-state index contributed by atoms with van der Waals surface area (Å²) in [5.41, 5.74) is 5.48. The van der Waals surface area contributed by atoms with E-state index < -0.39 is 10.8 Å². The molecule has 0 aromatic heterocycles. The van der Waals surface area contributed by atoms with E-state index in [9.17, 15) is 4.21 Å². The van der Waals surface area contributed by atoms with Gasteiger partial charge in [0.15, 0.2) is 0 Å². The molecular formula is C10H23NOS. The molecule has 3 atom stereocenters. The topological polar surface area (TPSA) is 43.1 Å². The van der Waals surface area contributed by atoms with E-state index in [4.69, 9.17) is 5.73 Å². The summed E-state index contributed by atoms with van der Waals surface area (Å²) in [7, 11) is -0.713. The van der Waals surface area contributed by atoms with E-state index in [1.807, 2.05) is 0 Å². The van der Waals surface area contributed by atoms with Crippen molar-refractivity contribution < 1.29 is 4.21 Å². The molecule has 0 heterocycles. The standard InChI is InChI=1S/C10H23NOS/c1-5-10(6-7-11)13(12)9(4)8(2)3/h8-10H,5-7,11H2,1-4H3. The van der Waals surface area contributed by atoms with Crippen molar-refractivity contribution in [3.05, 3.63) is 0 Å². The van der Waals surface area contributed by atoms with Crippen LogP contribution in [0, 0.1) is 5.92 Å². The van der Waals surface area contributed by atoms with Crippen LogP contribution in [-0.2, 0) is 10.8 Å². The monoisotopic (exact) mass is 205 g/mol. The van der Waals surface area contributed by atoms with Gasteiger partial charge < -0.3 is 5.73 Å². The summed E-state index contributed by atoms with van der Waals surface area (Å²) in [6.07, 6.45) is 1.86. The second-order valence-corrected chi connectivity index (χ2v) is 5.95. The van der Waals surface area contributed by atoms with Crippen molar-refractivity contribution in [1.29, 1.82) is 0 Å². The molecule has 0 spiro atoms. The molecule has 80 valence electrons. The summed E-state index contributed by atoms with van der Waals surface area (Å²) in [5, 5.41) is 0.582. The van der Waals surface area contributed by atoms with Gasteiger partial charge in [-0.1, -0.05) is 27.7 Å². The van der Waals surface area contributed by atoms with Crippen LogP contribution in [0.1, 0.15) is 40.5 Å². The average molecular weight is 205 g/mol. The maximum atomic E-state index is 12.0. The van der Waals surface area contributed by atoms with Crippen molar-refractivity contribution in [2.45, 2.75) is 51.0 Å². The lowest BCUT2D eigenvalue weighted by atomic mass is 10.2. The predicted octanol–water partition coefficient (Wildman–Crippen LogP) is 1.91. The lowest BCUT2D eigenvalue weighted by molar-refractivity contribution is 0.587. The van der Waals surface area contributed by atoms with Crippen LogP contribution in [0.15, 0.2) is 0 Å². The largest absolute Gasteiger partial charge is 0.330 e. The SMILES string of the molecule is CCC(CCN)S(=O)C(C)C(C)C. The lowest BCUT2D eigenvalue weighted by Gasteiger charge is -2.21. The van der Waals surface area contributed by atoms with Crippen LogP contribution in [0.5, 0.6) is 0 Å². The summed E-state index contributed by atoms with van der Waals surface area (Å²) >= 11 is 0. The molecule has 0 saturated carbocycles. The third-order valence-electron chi connectivity index (χ3n) is 2.58. The lowest BCUT2D eigenvalue weighted by Crippen LogP contribution is -2.29. The van der Waals surface area contributed by atoms with Gasteiger partial charge in [0, 0.05) is 21.3 Å². The normalized spacial score (nSPS) is 18.6. The van der Waals surface area contributed by atoms with Crippen LogP contribution in [-0.4, -0.2) is 21.3 Å². The third kappa shape index (κ3) is 4.23. The van der Waals surface area contributed by atoms with Crippen molar-refractivity contribution in [2.24, 2.45) is 11.7 Å². The smallest absolute Gasteiger partial charge is 0.0360 e. The highest BCUT2D eigenvalue weighted by Crippen LogP contribution is 2.16. The third-order valence-corrected chi connectivity index (χ3v) is 5.08. The first-order valence-corrected chi connectivity index (χ1v) is 6.41. The van der Waals surface area contributed by atoms with Gasteiger partial charge in [0.25, 0.3) is 0 Å². The minimum absolute atomic E-state index is 0.288. The van der Waals surface area contributed by atoms with Crippen LogP contribution in [0.25, 0.3) is 0 Å². The van der Waals surface area contributed by atoms with Crippen molar-refractivity contribution in [3.8, 4) is 0 Å². The first-order valence-electron chi connectivity index (χ1n) is 5.14. The summed E-state index contributed by atoms with van der Waals surface area (Å²) in [5.74, 6) is 0.493. The van der Waals surface area contributed by atoms with Crippen molar-refractivity contribution in [1.82, 2.24) is 0 Å². The Labute approximate surface area is 84.7 Å². The zero-order valence-electron chi connectivity index (χ0n) is 9.25. The average Bonchev–Trinajstić information content (AvgIpc) is 2.11. The fourth-order valence-electron chi connectivity index (χ4n) is 1.24. The minimum Gasteiger partial charge on any atom is -0.330 e. The molecule has 0 amide bonds. The molecule has 0 saturated heterocycles. The van der Waals surface area contributed by atoms with Crippen LogP contribution < -0.4 is 5.73 Å². The molecule has 2 nitrogen and oxygen atoms in total. The summed E-state index contributed by atoms with van der Waals surface area (Å²) < 4.78 is 12.0. The maximum absolute atomic E-state index is 12.0. The van der Waals surface area contributed by atoms with E-state index in [1.54, 1.807) is 0 Å². The second-order valence-electron chi connectivity index (χ2n) is 3.89. The number of rotatable bonds is 6. The fraction of sp³-hybridized carbons (Fsp3) is 1.00. The molecule has 2 N–H and O–H groups in total. The van der Waals surface area contributed by atoms with E-state index in [1.165, 1.54) is 0 Å². The van der Waals surface area contributed by atoms with Gasteiger partial charge in [0.2, 0.25) is 0 Å². The Bertz CT molecular complexity index is 159. The van der Waals surface area contributed by atoms with Crippen LogP contribution >= 0.6 is 0 Å². The van der Waals surface area contributed by atoms with Crippen LogP contribution in [0.3, 0.4) is 0 Å². The molecule has 0 bridgehead atoms. The Kier molecular flexibility index (Phi) is 6.60. The van der Waals surface area contributed by atoms with Crippen molar-refractivity contribution in [3.63, 3.8) is 0 Å². The van der Waals surface area contributed by atoms with Crippen molar-refractivity contribution in [2.75, 3.05) is 6.54 Å². The molecule has 0 aromatic rings. The van der Waals surface area contributed by atoms with Crippen molar-refractivity contribution >= 4 is 10.8 Å². The molecule has 0 radical (unpaired) electrons. The van der Waals surface area contributed by atoms with E-state index in [0.29, 0.717) is 17.7 Å². The number of hydrogen-bond acceptors (Lipinski definition) is 2. The van der Waals surface area contributed by atoms with Gasteiger partial charge in [-0.05, 0) is 25.3 Å². The highest BCUT2D eigenvalue weighted by molar-refractivity contribution is 7.86. The fourth-order valence-corrected chi connectivity index (χ4v) is 3.08. The Balaban J connectivity index is 4.19. The highest BCUT2D eigenvalue weighted by atomic mass is 32.2. The molecular weight excluding hydrogens is 182 g/mol. The van der Waals surface area contributed by atoms with Gasteiger partial charge in [-0.3, -0.25) is 4.21 Å². The number of nitrogens with two attached hydrogens (primary N) is 1. The van der Waals surface area contributed by atoms with E-state index in [-0.39, 0.29) is 5.25 Å². The molecule has 0 aliphatic carbocycles.